The van der Waals surface area contributed by atoms with Crippen molar-refractivity contribution in [3.8, 4) is 0 Å². The SMILES string of the molecule is O=C(CC1CCC1)N1CCC[C@](CO)(CC2CC2)C1. The van der Waals surface area contributed by atoms with E-state index in [1.807, 2.05) is 0 Å². The first-order valence-electron chi connectivity index (χ1n) is 8.09. The van der Waals surface area contributed by atoms with Crippen molar-refractivity contribution in [3.63, 3.8) is 0 Å². The molecule has 108 valence electrons. The average Bonchev–Trinajstić information content (AvgIpc) is 3.17. The Labute approximate surface area is 116 Å². The number of carbonyl (C=O) groups excluding carboxylic acids is 1. The molecule has 1 saturated heterocycles. The van der Waals surface area contributed by atoms with Gasteiger partial charge in [-0.05, 0) is 43.9 Å². The van der Waals surface area contributed by atoms with Crippen LogP contribution < -0.4 is 0 Å². The second kappa shape index (κ2) is 5.43. The summed E-state index contributed by atoms with van der Waals surface area (Å²) in [4.78, 5) is 14.4. The van der Waals surface area contributed by atoms with Gasteiger partial charge in [-0.25, -0.2) is 0 Å². The van der Waals surface area contributed by atoms with Gasteiger partial charge in [0.1, 0.15) is 0 Å². The lowest BCUT2D eigenvalue weighted by Crippen LogP contribution is -2.48. The van der Waals surface area contributed by atoms with Crippen molar-refractivity contribution in [2.45, 2.75) is 57.8 Å². The van der Waals surface area contributed by atoms with Gasteiger partial charge in [-0.1, -0.05) is 19.3 Å². The standard InChI is InChI=1S/C16H27NO2/c18-12-16(10-14-5-6-14)7-2-8-17(11-16)15(19)9-13-3-1-4-13/h13-14,18H,1-12H2/t16-/m0/s1. The molecule has 3 heteroatoms. The number of aliphatic hydroxyl groups is 1. The van der Waals surface area contributed by atoms with Crippen LogP contribution in [-0.4, -0.2) is 35.6 Å². The van der Waals surface area contributed by atoms with E-state index in [1.54, 1.807) is 0 Å². The maximum atomic E-state index is 12.4. The van der Waals surface area contributed by atoms with Crippen LogP contribution >= 0.6 is 0 Å². The predicted octanol–water partition coefficient (Wildman–Crippen LogP) is 2.58. The molecule has 2 aliphatic carbocycles. The van der Waals surface area contributed by atoms with Gasteiger partial charge in [0.05, 0.1) is 6.61 Å². The van der Waals surface area contributed by atoms with Crippen LogP contribution in [0.5, 0.6) is 0 Å². The van der Waals surface area contributed by atoms with Gasteiger partial charge in [0.15, 0.2) is 0 Å². The molecule has 3 nitrogen and oxygen atoms in total. The highest BCUT2D eigenvalue weighted by Gasteiger charge is 2.41. The van der Waals surface area contributed by atoms with Crippen LogP contribution in [0, 0.1) is 17.3 Å². The summed E-state index contributed by atoms with van der Waals surface area (Å²) < 4.78 is 0. The molecule has 3 fully saturated rings. The molecule has 3 rings (SSSR count). The summed E-state index contributed by atoms with van der Waals surface area (Å²) in [7, 11) is 0. The second-order valence-corrected chi connectivity index (χ2v) is 7.23. The highest BCUT2D eigenvalue weighted by atomic mass is 16.3. The minimum absolute atomic E-state index is 0.0225. The zero-order chi connectivity index (χ0) is 13.3. The van der Waals surface area contributed by atoms with Gasteiger partial charge in [-0.15, -0.1) is 0 Å². The summed E-state index contributed by atoms with van der Waals surface area (Å²) in [5, 5.41) is 9.82. The maximum Gasteiger partial charge on any atom is 0.222 e. The van der Waals surface area contributed by atoms with E-state index < -0.39 is 0 Å². The fraction of sp³-hybridized carbons (Fsp3) is 0.938. The van der Waals surface area contributed by atoms with E-state index in [2.05, 4.69) is 4.90 Å². The molecule has 0 unspecified atom stereocenters. The van der Waals surface area contributed by atoms with E-state index in [1.165, 1.54) is 32.1 Å². The lowest BCUT2D eigenvalue weighted by atomic mass is 9.76. The van der Waals surface area contributed by atoms with Crippen molar-refractivity contribution in [2.75, 3.05) is 19.7 Å². The number of piperidine rings is 1. The van der Waals surface area contributed by atoms with E-state index in [0.29, 0.717) is 11.8 Å². The van der Waals surface area contributed by atoms with Gasteiger partial charge >= 0.3 is 0 Å². The number of aliphatic hydroxyl groups excluding tert-OH is 1. The number of amides is 1. The Balaban J connectivity index is 1.57. The number of rotatable bonds is 5. The monoisotopic (exact) mass is 265 g/mol. The second-order valence-electron chi connectivity index (χ2n) is 7.23. The van der Waals surface area contributed by atoms with Crippen molar-refractivity contribution in [1.29, 1.82) is 0 Å². The molecule has 2 saturated carbocycles. The molecule has 1 atom stereocenters. The number of hydrogen-bond donors (Lipinski definition) is 1. The molecule has 0 spiro atoms. The van der Waals surface area contributed by atoms with Gasteiger partial charge in [0.25, 0.3) is 0 Å². The Bertz CT molecular complexity index is 336. The number of hydrogen-bond acceptors (Lipinski definition) is 2. The van der Waals surface area contributed by atoms with Gasteiger partial charge in [0.2, 0.25) is 5.91 Å². The van der Waals surface area contributed by atoms with Gasteiger partial charge in [-0.2, -0.15) is 0 Å². The Kier molecular flexibility index (Phi) is 3.84. The molecule has 0 aromatic heterocycles. The Morgan fingerprint density at radius 3 is 2.53 bits per heavy atom. The van der Waals surface area contributed by atoms with Crippen molar-refractivity contribution in [1.82, 2.24) is 4.90 Å². The summed E-state index contributed by atoms with van der Waals surface area (Å²) in [6.07, 6.45) is 10.5. The van der Waals surface area contributed by atoms with E-state index in [9.17, 15) is 9.90 Å². The minimum atomic E-state index is 0.0225. The van der Waals surface area contributed by atoms with Crippen LogP contribution in [-0.2, 0) is 4.79 Å². The first-order chi connectivity index (χ1) is 9.21. The Hall–Kier alpha value is -0.570. The maximum absolute atomic E-state index is 12.4. The summed E-state index contributed by atoms with van der Waals surface area (Å²) >= 11 is 0. The molecule has 0 radical (unpaired) electrons. The molecule has 19 heavy (non-hydrogen) atoms. The first-order valence-corrected chi connectivity index (χ1v) is 8.09. The van der Waals surface area contributed by atoms with E-state index in [-0.39, 0.29) is 12.0 Å². The van der Waals surface area contributed by atoms with E-state index in [4.69, 9.17) is 0 Å². The molecule has 1 amide bonds. The summed E-state index contributed by atoms with van der Waals surface area (Å²) in [5.74, 6) is 1.83. The number of likely N-dealkylation sites (tertiary alicyclic amines) is 1. The molecule has 1 N–H and O–H groups in total. The summed E-state index contributed by atoms with van der Waals surface area (Å²) in [5.41, 5.74) is 0.0225. The van der Waals surface area contributed by atoms with Crippen LogP contribution in [0.15, 0.2) is 0 Å². The van der Waals surface area contributed by atoms with Crippen LogP contribution in [0.1, 0.15) is 57.8 Å². The minimum Gasteiger partial charge on any atom is -0.396 e. The van der Waals surface area contributed by atoms with Crippen LogP contribution in [0.3, 0.4) is 0 Å². The van der Waals surface area contributed by atoms with Crippen molar-refractivity contribution >= 4 is 5.91 Å². The van der Waals surface area contributed by atoms with Crippen LogP contribution in [0.25, 0.3) is 0 Å². The molecule has 0 bridgehead atoms. The lowest BCUT2D eigenvalue weighted by molar-refractivity contribution is -0.137. The third kappa shape index (κ3) is 3.13. The third-order valence-electron chi connectivity index (χ3n) is 5.46. The molecule has 1 heterocycles. The fourth-order valence-electron chi connectivity index (χ4n) is 3.79. The first kappa shape index (κ1) is 13.4. The van der Waals surface area contributed by atoms with Gasteiger partial charge < -0.3 is 10.0 Å². The molecular formula is C16H27NO2. The Morgan fingerprint density at radius 2 is 1.95 bits per heavy atom. The summed E-state index contributed by atoms with van der Waals surface area (Å²) in [6.45, 7) is 1.99. The normalized spacial score (nSPS) is 32.2. The molecule has 3 aliphatic rings. The largest absolute Gasteiger partial charge is 0.396 e. The molecule has 0 aromatic carbocycles. The topological polar surface area (TPSA) is 40.5 Å². The summed E-state index contributed by atoms with van der Waals surface area (Å²) in [6, 6.07) is 0. The van der Waals surface area contributed by atoms with Crippen molar-refractivity contribution in [2.24, 2.45) is 17.3 Å². The number of nitrogens with zero attached hydrogens (tertiary/aromatic N) is 1. The van der Waals surface area contributed by atoms with Gasteiger partial charge in [-0.3, -0.25) is 4.79 Å². The van der Waals surface area contributed by atoms with Crippen LogP contribution in [0.2, 0.25) is 0 Å². The van der Waals surface area contributed by atoms with Crippen molar-refractivity contribution < 1.29 is 9.90 Å². The Morgan fingerprint density at radius 1 is 1.16 bits per heavy atom. The highest BCUT2D eigenvalue weighted by molar-refractivity contribution is 5.76. The quantitative estimate of drug-likeness (QED) is 0.830. The fourth-order valence-corrected chi connectivity index (χ4v) is 3.79. The molecule has 1 aliphatic heterocycles. The molecular weight excluding hydrogens is 238 g/mol. The van der Waals surface area contributed by atoms with E-state index in [0.717, 1.165) is 44.7 Å². The van der Waals surface area contributed by atoms with Gasteiger partial charge in [0, 0.05) is 24.9 Å². The zero-order valence-corrected chi connectivity index (χ0v) is 11.9. The van der Waals surface area contributed by atoms with Crippen LogP contribution in [0.4, 0.5) is 0 Å². The average molecular weight is 265 g/mol. The van der Waals surface area contributed by atoms with Crippen molar-refractivity contribution in [3.05, 3.63) is 0 Å². The highest BCUT2D eigenvalue weighted by Crippen LogP contribution is 2.44. The number of carbonyl (C=O) groups is 1. The van der Waals surface area contributed by atoms with E-state index >= 15 is 0 Å². The smallest absolute Gasteiger partial charge is 0.222 e. The lowest BCUT2D eigenvalue weighted by Gasteiger charge is -2.43. The zero-order valence-electron chi connectivity index (χ0n) is 11.9. The predicted molar refractivity (Wildman–Crippen MR) is 74.6 cm³/mol. The third-order valence-corrected chi connectivity index (χ3v) is 5.46. The molecule has 0 aromatic rings.